The van der Waals surface area contributed by atoms with Crippen LogP contribution in [0.15, 0.2) is 72.4 Å². The van der Waals surface area contributed by atoms with Gasteiger partial charge in [-0.05, 0) is 24.6 Å². The quantitative estimate of drug-likeness (QED) is 0.629. The maximum absolute atomic E-state index is 9.65. The number of nitrogens with two attached hydrogens (primary N) is 1. The number of rotatable bonds is 2. The van der Waals surface area contributed by atoms with Crippen LogP contribution in [0.25, 0.3) is 22.2 Å². The lowest BCUT2D eigenvalue weighted by atomic mass is 10.1. The van der Waals surface area contributed by atoms with Crippen molar-refractivity contribution in [3.05, 3.63) is 72.4 Å². The molecule has 22 heavy (non-hydrogen) atoms. The minimum absolute atomic E-state index is 0.313. The first-order valence-corrected chi connectivity index (χ1v) is 6.86. The molecule has 3 rings (SSSR count). The number of hydrogen-bond acceptors (Lipinski definition) is 2. The summed E-state index contributed by atoms with van der Waals surface area (Å²) >= 11 is 0. The van der Waals surface area contributed by atoms with Gasteiger partial charge in [0.05, 0.1) is 0 Å². The van der Waals surface area contributed by atoms with Gasteiger partial charge in [-0.2, -0.15) is 0 Å². The lowest BCUT2D eigenvalue weighted by Gasteiger charge is -1.94. The van der Waals surface area contributed by atoms with Crippen molar-refractivity contribution in [2.24, 2.45) is 5.73 Å². The van der Waals surface area contributed by atoms with Gasteiger partial charge >= 0.3 is 5.97 Å². The monoisotopic (exact) mass is 294 g/mol. The first-order chi connectivity index (χ1) is 10.6. The van der Waals surface area contributed by atoms with Crippen LogP contribution in [0.5, 0.6) is 0 Å². The molecule has 0 unspecified atom stereocenters. The van der Waals surface area contributed by atoms with E-state index in [0.29, 0.717) is 5.70 Å². The van der Waals surface area contributed by atoms with E-state index >= 15 is 0 Å². The second-order valence-corrected chi connectivity index (χ2v) is 4.86. The Labute approximate surface area is 128 Å². The molecular formula is C18H18N2O2. The summed E-state index contributed by atoms with van der Waals surface area (Å²) in [6, 6.07) is 20.9. The van der Waals surface area contributed by atoms with Gasteiger partial charge in [0.1, 0.15) is 0 Å². The minimum Gasteiger partial charge on any atom is -0.478 e. The van der Waals surface area contributed by atoms with Gasteiger partial charge in [-0.1, -0.05) is 48.5 Å². The molecule has 0 atom stereocenters. The molecule has 0 amide bonds. The van der Waals surface area contributed by atoms with Crippen molar-refractivity contribution in [1.29, 1.82) is 0 Å². The first-order valence-electron chi connectivity index (χ1n) is 6.86. The van der Waals surface area contributed by atoms with Crippen LogP contribution in [0.2, 0.25) is 0 Å². The topological polar surface area (TPSA) is 79.1 Å². The SMILES string of the molecule is C/C(N)=C/C(=O)O.c1ccc(-c2cc3ccccc3[nH]2)cc1. The standard InChI is InChI=1S/C14H11N.C4H7NO2/c1-2-6-11(7-3-1)14-10-12-8-4-5-9-13(12)15-14;1-3(5)2-4(6)7/h1-10,15H;2H,5H2,1H3,(H,6,7)/b;3-2-. The van der Waals surface area contributed by atoms with Crippen molar-refractivity contribution in [2.75, 3.05) is 0 Å². The molecule has 0 radical (unpaired) electrons. The minimum atomic E-state index is -1.000. The normalized spacial score (nSPS) is 10.9. The fourth-order valence-electron chi connectivity index (χ4n) is 2.04. The van der Waals surface area contributed by atoms with Crippen LogP contribution in [0, 0.1) is 0 Å². The third-order valence-electron chi connectivity index (χ3n) is 2.97. The van der Waals surface area contributed by atoms with E-state index in [4.69, 9.17) is 10.8 Å². The second kappa shape index (κ2) is 7.13. The van der Waals surface area contributed by atoms with Crippen LogP contribution in [0.1, 0.15) is 6.92 Å². The van der Waals surface area contributed by atoms with Crippen LogP contribution in [0.3, 0.4) is 0 Å². The number of H-pyrrole nitrogens is 1. The molecule has 3 aromatic rings. The Balaban J connectivity index is 0.000000217. The fraction of sp³-hybridized carbons (Fsp3) is 0.0556. The Morgan fingerprint density at radius 1 is 1.09 bits per heavy atom. The van der Waals surface area contributed by atoms with Gasteiger partial charge in [-0.25, -0.2) is 4.79 Å². The zero-order valence-electron chi connectivity index (χ0n) is 12.3. The van der Waals surface area contributed by atoms with Crippen LogP contribution in [-0.4, -0.2) is 16.1 Å². The maximum Gasteiger partial charge on any atom is 0.330 e. The number of carboxylic acids is 1. The predicted molar refractivity (Wildman–Crippen MR) is 89.3 cm³/mol. The van der Waals surface area contributed by atoms with Gasteiger partial charge in [0.25, 0.3) is 0 Å². The lowest BCUT2D eigenvalue weighted by molar-refractivity contribution is -0.131. The predicted octanol–water partition coefficient (Wildman–Crippen LogP) is 3.77. The third kappa shape index (κ3) is 4.24. The summed E-state index contributed by atoms with van der Waals surface area (Å²) in [5.41, 5.74) is 8.89. The Morgan fingerprint density at radius 3 is 2.27 bits per heavy atom. The highest BCUT2D eigenvalue weighted by Gasteiger charge is 2.00. The number of allylic oxidation sites excluding steroid dienone is 1. The van der Waals surface area contributed by atoms with Gasteiger partial charge in [0.2, 0.25) is 0 Å². The van der Waals surface area contributed by atoms with Crippen molar-refractivity contribution >= 4 is 16.9 Å². The number of para-hydroxylation sites is 1. The van der Waals surface area contributed by atoms with Crippen molar-refractivity contribution in [3.8, 4) is 11.3 Å². The van der Waals surface area contributed by atoms with Crippen molar-refractivity contribution in [2.45, 2.75) is 6.92 Å². The van der Waals surface area contributed by atoms with Crippen LogP contribution >= 0.6 is 0 Å². The zero-order valence-corrected chi connectivity index (χ0v) is 12.3. The molecule has 0 fully saturated rings. The van der Waals surface area contributed by atoms with Crippen molar-refractivity contribution in [3.63, 3.8) is 0 Å². The van der Waals surface area contributed by atoms with Crippen molar-refractivity contribution in [1.82, 2.24) is 4.98 Å². The van der Waals surface area contributed by atoms with Crippen LogP contribution < -0.4 is 5.73 Å². The summed E-state index contributed by atoms with van der Waals surface area (Å²) in [6.07, 6.45) is 0.944. The molecule has 0 bridgehead atoms. The number of nitrogens with one attached hydrogen (secondary N) is 1. The number of carboxylic acid groups (broad SMARTS) is 1. The highest BCUT2D eigenvalue weighted by molar-refractivity contribution is 5.85. The third-order valence-corrected chi connectivity index (χ3v) is 2.97. The molecule has 0 aliphatic carbocycles. The molecule has 0 aliphatic heterocycles. The number of benzene rings is 2. The molecule has 0 spiro atoms. The van der Waals surface area contributed by atoms with Crippen LogP contribution in [-0.2, 0) is 4.79 Å². The molecule has 4 N–H and O–H groups in total. The molecule has 0 aliphatic rings. The number of carbonyl (C=O) groups is 1. The largest absolute Gasteiger partial charge is 0.478 e. The van der Waals surface area contributed by atoms with Gasteiger partial charge in [-0.15, -0.1) is 0 Å². The Bertz CT molecular complexity index is 752. The van der Waals surface area contributed by atoms with Crippen LogP contribution in [0.4, 0.5) is 0 Å². The van der Waals surface area contributed by atoms with Gasteiger partial charge < -0.3 is 15.8 Å². The highest BCUT2D eigenvalue weighted by atomic mass is 16.4. The molecule has 1 aromatic heterocycles. The summed E-state index contributed by atoms with van der Waals surface area (Å²) in [5.74, 6) is -1.000. The maximum atomic E-state index is 9.65. The Hall–Kier alpha value is -3.01. The molecule has 112 valence electrons. The van der Waals surface area contributed by atoms with E-state index in [9.17, 15) is 4.79 Å². The Morgan fingerprint density at radius 2 is 1.73 bits per heavy atom. The smallest absolute Gasteiger partial charge is 0.330 e. The highest BCUT2D eigenvalue weighted by Crippen LogP contribution is 2.23. The first kappa shape index (κ1) is 15.4. The average molecular weight is 294 g/mol. The van der Waals surface area contributed by atoms with E-state index in [2.05, 4.69) is 53.5 Å². The number of fused-ring (bicyclic) bond motifs is 1. The number of hydrogen-bond donors (Lipinski definition) is 3. The Kier molecular flexibility index (Phi) is 4.98. The van der Waals surface area contributed by atoms with E-state index in [1.807, 2.05) is 12.1 Å². The molecular weight excluding hydrogens is 276 g/mol. The van der Waals surface area contributed by atoms with E-state index in [-0.39, 0.29) is 0 Å². The van der Waals surface area contributed by atoms with Gasteiger partial charge in [0, 0.05) is 28.4 Å². The van der Waals surface area contributed by atoms with E-state index in [1.54, 1.807) is 0 Å². The molecule has 4 nitrogen and oxygen atoms in total. The fourth-order valence-corrected chi connectivity index (χ4v) is 2.04. The molecule has 4 heteroatoms. The van der Waals surface area contributed by atoms with E-state index in [1.165, 1.54) is 29.1 Å². The number of aromatic amines is 1. The van der Waals surface area contributed by atoms with Gasteiger partial charge in [-0.3, -0.25) is 0 Å². The zero-order chi connectivity index (χ0) is 15.9. The number of aromatic nitrogens is 1. The molecule has 2 aromatic carbocycles. The summed E-state index contributed by atoms with van der Waals surface area (Å²) in [6.45, 7) is 1.52. The molecule has 0 saturated carbocycles. The van der Waals surface area contributed by atoms with Crippen molar-refractivity contribution < 1.29 is 9.90 Å². The summed E-state index contributed by atoms with van der Waals surface area (Å²) in [7, 11) is 0. The summed E-state index contributed by atoms with van der Waals surface area (Å²) < 4.78 is 0. The average Bonchev–Trinajstić information content (AvgIpc) is 2.91. The molecule has 1 heterocycles. The van der Waals surface area contributed by atoms with E-state index < -0.39 is 5.97 Å². The summed E-state index contributed by atoms with van der Waals surface area (Å²) in [4.78, 5) is 13.1. The second-order valence-electron chi connectivity index (χ2n) is 4.86. The summed E-state index contributed by atoms with van der Waals surface area (Å²) in [5, 5.41) is 9.19. The number of aliphatic carboxylic acids is 1. The van der Waals surface area contributed by atoms with Gasteiger partial charge in [0.15, 0.2) is 0 Å². The lowest BCUT2D eigenvalue weighted by Crippen LogP contribution is -1.96. The molecule has 0 saturated heterocycles. The van der Waals surface area contributed by atoms with E-state index in [0.717, 1.165) is 6.08 Å².